The summed E-state index contributed by atoms with van der Waals surface area (Å²) in [5.74, 6) is -2.18. The van der Waals surface area contributed by atoms with Crippen molar-refractivity contribution < 1.29 is 29.3 Å². The molecular weight excluding hydrogens is 336 g/mol. The number of esters is 1. The maximum atomic E-state index is 12.7. The number of carbonyl (C=O) groups is 2. The lowest BCUT2D eigenvalue weighted by molar-refractivity contribution is -0.447. The summed E-state index contributed by atoms with van der Waals surface area (Å²) < 4.78 is 11.1. The smallest absolute Gasteiger partial charge is 0.311 e. The summed E-state index contributed by atoms with van der Waals surface area (Å²) in [7, 11) is 1.38. The van der Waals surface area contributed by atoms with Gasteiger partial charge in [-0.05, 0) is 44.9 Å². The maximum Gasteiger partial charge on any atom is 0.311 e. The average molecular weight is 364 g/mol. The molecule has 6 aliphatic rings. The van der Waals surface area contributed by atoms with Crippen LogP contribution in [-0.4, -0.2) is 47.6 Å². The molecule has 6 heteroatoms. The van der Waals surface area contributed by atoms with E-state index < -0.39 is 28.6 Å². The summed E-state index contributed by atoms with van der Waals surface area (Å²) in [5.41, 5.74) is -1.92. The van der Waals surface area contributed by atoms with Crippen LogP contribution < -0.4 is 0 Å². The molecule has 4 bridgehead atoms. The van der Waals surface area contributed by atoms with Crippen molar-refractivity contribution in [1.29, 1.82) is 0 Å². The summed E-state index contributed by atoms with van der Waals surface area (Å²) >= 11 is 0. The first-order valence-electron chi connectivity index (χ1n) is 9.91. The monoisotopic (exact) mass is 364 g/mol. The number of fused-ring (bicyclic) bond motifs is 2. The highest BCUT2D eigenvalue weighted by atomic mass is 16.6. The molecule has 0 aromatic carbocycles. The number of aliphatic hydroxyl groups excluding tert-OH is 1. The van der Waals surface area contributed by atoms with Gasteiger partial charge in [0.15, 0.2) is 5.79 Å². The standard InChI is InChI=1S/C20H28O6/c1-17(16(23)25-2)6-3-7-18-10-26-20(24,15(22)14(17)18)19-8-11(12(21)9-19)4-5-13(18)19/h11,13-15,22,24H,3-10H2,1-2H3/t11-,13+,14-,15+,17-,18-,19-,20-/m1/s1. The van der Waals surface area contributed by atoms with Gasteiger partial charge in [0.05, 0.1) is 19.1 Å². The Labute approximate surface area is 153 Å². The lowest BCUT2D eigenvalue weighted by atomic mass is 9.36. The van der Waals surface area contributed by atoms with Crippen LogP contribution >= 0.6 is 0 Å². The molecule has 0 aromatic heterocycles. The number of aliphatic hydroxyl groups is 2. The first-order chi connectivity index (χ1) is 12.3. The van der Waals surface area contributed by atoms with Gasteiger partial charge < -0.3 is 19.7 Å². The van der Waals surface area contributed by atoms with Crippen LogP contribution in [0.5, 0.6) is 0 Å². The van der Waals surface area contributed by atoms with Crippen LogP contribution in [0, 0.1) is 34.0 Å². The number of carbonyl (C=O) groups excluding carboxylic acids is 2. The van der Waals surface area contributed by atoms with Crippen molar-refractivity contribution in [3.8, 4) is 0 Å². The van der Waals surface area contributed by atoms with E-state index in [9.17, 15) is 19.8 Å². The van der Waals surface area contributed by atoms with Gasteiger partial charge in [0.2, 0.25) is 0 Å². The van der Waals surface area contributed by atoms with Crippen LogP contribution in [0.2, 0.25) is 0 Å². The second kappa shape index (κ2) is 4.89. The minimum absolute atomic E-state index is 0.0177. The fourth-order valence-corrected chi connectivity index (χ4v) is 8.12. The zero-order valence-corrected chi connectivity index (χ0v) is 15.5. The van der Waals surface area contributed by atoms with Gasteiger partial charge in [0.1, 0.15) is 11.9 Å². The average Bonchev–Trinajstić information content (AvgIpc) is 2.87. The Hall–Kier alpha value is -0.980. The normalized spacial score (nSPS) is 57.5. The van der Waals surface area contributed by atoms with Crippen LogP contribution in [0.25, 0.3) is 0 Å². The van der Waals surface area contributed by atoms with Gasteiger partial charge in [-0.2, -0.15) is 0 Å². The molecule has 2 aliphatic heterocycles. The highest BCUT2D eigenvalue weighted by Crippen LogP contribution is 2.76. The van der Waals surface area contributed by atoms with Gasteiger partial charge >= 0.3 is 5.97 Å². The van der Waals surface area contributed by atoms with Crippen molar-refractivity contribution in [1.82, 2.24) is 0 Å². The van der Waals surface area contributed by atoms with Crippen molar-refractivity contribution in [3.05, 3.63) is 0 Å². The fraction of sp³-hybridized carbons (Fsp3) is 0.900. The predicted octanol–water partition coefficient (Wildman–Crippen LogP) is 1.42. The van der Waals surface area contributed by atoms with Crippen molar-refractivity contribution in [3.63, 3.8) is 0 Å². The van der Waals surface area contributed by atoms with Gasteiger partial charge in [-0.15, -0.1) is 0 Å². The quantitative estimate of drug-likeness (QED) is 0.684. The van der Waals surface area contributed by atoms with Gasteiger partial charge in [-0.1, -0.05) is 6.42 Å². The number of ether oxygens (including phenoxy) is 2. The number of methoxy groups -OCH3 is 1. The molecule has 2 heterocycles. The van der Waals surface area contributed by atoms with Crippen LogP contribution in [0.4, 0.5) is 0 Å². The molecular formula is C20H28O6. The van der Waals surface area contributed by atoms with Crippen molar-refractivity contribution in [2.45, 2.75) is 63.8 Å². The summed E-state index contributed by atoms with van der Waals surface area (Å²) in [6.45, 7) is 2.22. The Balaban J connectivity index is 1.70. The van der Waals surface area contributed by atoms with Crippen molar-refractivity contribution >= 4 is 11.8 Å². The van der Waals surface area contributed by atoms with Gasteiger partial charge in [0, 0.05) is 29.1 Å². The number of Topliss-reactive ketones (excluding diaryl/α,β-unsaturated/α-hetero) is 1. The predicted molar refractivity (Wildman–Crippen MR) is 89.7 cm³/mol. The molecule has 0 radical (unpaired) electrons. The molecule has 6 nitrogen and oxygen atoms in total. The maximum absolute atomic E-state index is 12.7. The highest BCUT2D eigenvalue weighted by Gasteiger charge is 2.81. The lowest BCUT2D eigenvalue weighted by Crippen LogP contribution is -2.80. The van der Waals surface area contributed by atoms with Crippen LogP contribution in [0.15, 0.2) is 0 Å². The molecule has 144 valence electrons. The zero-order valence-electron chi connectivity index (χ0n) is 15.5. The van der Waals surface area contributed by atoms with E-state index in [1.165, 1.54) is 7.11 Å². The molecule has 0 unspecified atom stereocenters. The third kappa shape index (κ3) is 1.58. The molecule has 2 N–H and O–H groups in total. The number of hydrogen-bond donors (Lipinski definition) is 2. The molecule has 26 heavy (non-hydrogen) atoms. The van der Waals surface area contributed by atoms with E-state index in [2.05, 4.69) is 0 Å². The Morgan fingerprint density at radius 3 is 2.81 bits per heavy atom. The third-order valence-electron chi connectivity index (χ3n) is 9.01. The van der Waals surface area contributed by atoms with E-state index in [0.29, 0.717) is 25.9 Å². The molecule has 0 amide bonds. The van der Waals surface area contributed by atoms with Gasteiger partial charge in [-0.25, -0.2) is 0 Å². The second-order valence-corrected chi connectivity index (χ2v) is 9.73. The van der Waals surface area contributed by atoms with Crippen LogP contribution in [0.1, 0.15) is 51.9 Å². The highest BCUT2D eigenvalue weighted by molar-refractivity contribution is 5.85. The van der Waals surface area contributed by atoms with Crippen molar-refractivity contribution in [2.24, 2.45) is 34.0 Å². The molecule has 6 rings (SSSR count). The molecule has 4 saturated carbocycles. The lowest BCUT2D eigenvalue weighted by Gasteiger charge is -2.73. The number of rotatable bonds is 1. The fourth-order valence-electron chi connectivity index (χ4n) is 8.12. The van der Waals surface area contributed by atoms with Crippen LogP contribution in [0.3, 0.4) is 0 Å². The largest absolute Gasteiger partial charge is 0.469 e. The Kier molecular flexibility index (Phi) is 3.22. The second-order valence-electron chi connectivity index (χ2n) is 9.73. The summed E-state index contributed by atoms with van der Waals surface area (Å²) in [4.78, 5) is 25.3. The summed E-state index contributed by atoms with van der Waals surface area (Å²) in [5, 5.41) is 23.0. The topological polar surface area (TPSA) is 93.1 Å². The van der Waals surface area contributed by atoms with Gasteiger partial charge in [0.25, 0.3) is 0 Å². The molecule has 4 aliphatic carbocycles. The van der Waals surface area contributed by atoms with Gasteiger partial charge in [-0.3, -0.25) is 9.59 Å². The Morgan fingerprint density at radius 2 is 2.08 bits per heavy atom. The summed E-state index contributed by atoms with van der Waals surface area (Å²) in [6.07, 6.45) is 3.79. The first kappa shape index (κ1) is 17.1. The molecule has 2 spiro atoms. The minimum Gasteiger partial charge on any atom is -0.469 e. The Morgan fingerprint density at radius 1 is 1.31 bits per heavy atom. The molecule has 0 aromatic rings. The zero-order chi connectivity index (χ0) is 18.5. The molecule has 6 fully saturated rings. The SMILES string of the molecule is COC(=O)[C@]1(C)CCC[C@]23CO[C@](O)([C@@H](O)[C@@H]21)[C@]12CC(=O)[C@H](CC[C@@H]31)C2. The molecule has 2 saturated heterocycles. The number of hydrogen-bond acceptors (Lipinski definition) is 6. The minimum atomic E-state index is -1.75. The van der Waals surface area contributed by atoms with Crippen molar-refractivity contribution in [2.75, 3.05) is 13.7 Å². The number of ketones is 1. The van der Waals surface area contributed by atoms with E-state index in [-0.39, 0.29) is 29.0 Å². The first-order valence-corrected chi connectivity index (χ1v) is 9.91. The van der Waals surface area contributed by atoms with E-state index in [4.69, 9.17) is 9.47 Å². The van der Waals surface area contributed by atoms with E-state index >= 15 is 0 Å². The summed E-state index contributed by atoms with van der Waals surface area (Å²) in [6, 6.07) is 0. The third-order valence-corrected chi connectivity index (χ3v) is 9.01. The van der Waals surface area contributed by atoms with Crippen LogP contribution in [-0.2, 0) is 19.1 Å². The Bertz CT molecular complexity index is 692. The van der Waals surface area contributed by atoms with E-state index in [1.807, 2.05) is 6.92 Å². The van der Waals surface area contributed by atoms with E-state index in [1.54, 1.807) is 0 Å². The van der Waals surface area contributed by atoms with E-state index in [0.717, 1.165) is 25.7 Å². The molecule has 8 atom stereocenters.